The van der Waals surface area contributed by atoms with Crippen LogP contribution < -0.4 is 0 Å². The fourth-order valence-corrected chi connectivity index (χ4v) is 0.300. The SMILES string of the molecule is CCC#N.CCC#N.CCC#N.CCC#N.OCC(CO)(CO)CO. The number of nitrogens with zero attached hydrogens (tertiary/aromatic N) is 4. The number of hydrogen-bond acceptors (Lipinski definition) is 8. The number of aliphatic hydroxyl groups excluding tert-OH is 4. The second-order valence-electron chi connectivity index (χ2n) is 4.18. The second-order valence-corrected chi connectivity index (χ2v) is 4.18. The lowest BCUT2D eigenvalue weighted by Crippen LogP contribution is -2.37. The molecule has 0 aromatic rings. The monoisotopic (exact) mass is 356 g/mol. The van der Waals surface area contributed by atoms with Crippen LogP contribution in [0.15, 0.2) is 0 Å². The van der Waals surface area contributed by atoms with Crippen molar-refractivity contribution in [2.24, 2.45) is 5.41 Å². The fourth-order valence-electron chi connectivity index (χ4n) is 0.300. The van der Waals surface area contributed by atoms with Gasteiger partial charge in [-0.05, 0) is 0 Å². The number of nitriles is 4. The van der Waals surface area contributed by atoms with E-state index in [2.05, 4.69) is 0 Å². The molecule has 0 radical (unpaired) electrons. The van der Waals surface area contributed by atoms with Crippen LogP contribution in [-0.2, 0) is 0 Å². The van der Waals surface area contributed by atoms with Gasteiger partial charge in [0, 0.05) is 25.7 Å². The first-order valence-corrected chi connectivity index (χ1v) is 7.82. The zero-order valence-corrected chi connectivity index (χ0v) is 15.7. The van der Waals surface area contributed by atoms with Crippen LogP contribution >= 0.6 is 0 Å². The Kier molecular flexibility index (Phi) is 51.7. The van der Waals surface area contributed by atoms with Crippen molar-refractivity contribution in [3.8, 4) is 24.3 Å². The molecule has 0 aromatic heterocycles. The summed E-state index contributed by atoms with van der Waals surface area (Å²) in [5.74, 6) is 0. The van der Waals surface area contributed by atoms with Crippen LogP contribution in [0.4, 0.5) is 0 Å². The molecule has 0 bridgehead atoms. The molecule has 0 aliphatic heterocycles. The summed E-state index contributed by atoms with van der Waals surface area (Å²) >= 11 is 0. The normalized spacial score (nSPS) is 7.52. The standard InChI is InChI=1S/C5H12O4.4C3H5N/c6-1-5(2-7,3-8)4-9;4*1-2-3-4/h6-9H,1-4H2;4*2H2,1H3. The summed E-state index contributed by atoms with van der Waals surface area (Å²) in [6.45, 7) is 5.65. The second kappa shape index (κ2) is 37.8. The Hall–Kier alpha value is -2.20. The number of hydrogen-bond donors (Lipinski definition) is 4. The molecule has 25 heavy (non-hydrogen) atoms. The van der Waals surface area contributed by atoms with E-state index in [1.165, 1.54) is 0 Å². The molecule has 0 heterocycles. The largest absolute Gasteiger partial charge is 0.396 e. The first-order chi connectivity index (χ1) is 11.9. The first-order valence-electron chi connectivity index (χ1n) is 7.82. The van der Waals surface area contributed by atoms with Gasteiger partial charge in [0.1, 0.15) is 0 Å². The van der Waals surface area contributed by atoms with Gasteiger partial charge in [-0.25, -0.2) is 0 Å². The maximum absolute atomic E-state index is 8.50. The van der Waals surface area contributed by atoms with Crippen LogP contribution in [0.25, 0.3) is 0 Å². The van der Waals surface area contributed by atoms with E-state index in [1.54, 1.807) is 0 Å². The molecule has 0 atom stereocenters. The predicted octanol–water partition coefficient (Wildman–Crippen LogP) is 1.62. The third kappa shape index (κ3) is 44.9. The molecule has 0 aromatic carbocycles. The molecule has 0 fully saturated rings. The molecule has 0 aliphatic rings. The Balaban J connectivity index is -0.0000000714. The van der Waals surface area contributed by atoms with Crippen molar-refractivity contribution in [1.29, 1.82) is 21.0 Å². The van der Waals surface area contributed by atoms with Gasteiger partial charge in [-0.2, -0.15) is 21.0 Å². The zero-order chi connectivity index (χ0) is 21.0. The van der Waals surface area contributed by atoms with Crippen molar-refractivity contribution in [2.45, 2.75) is 53.4 Å². The van der Waals surface area contributed by atoms with Crippen LogP contribution in [0.2, 0.25) is 0 Å². The summed E-state index contributed by atoms with van der Waals surface area (Å²) in [5.41, 5.74) is -1.11. The average Bonchev–Trinajstić information content (AvgIpc) is 2.70. The van der Waals surface area contributed by atoms with Crippen LogP contribution in [0.5, 0.6) is 0 Å². The lowest BCUT2D eigenvalue weighted by molar-refractivity contribution is -0.0328. The van der Waals surface area contributed by atoms with Gasteiger partial charge in [-0.1, -0.05) is 27.7 Å². The molecular weight excluding hydrogens is 324 g/mol. The van der Waals surface area contributed by atoms with Crippen LogP contribution in [0, 0.1) is 50.7 Å². The van der Waals surface area contributed by atoms with Crippen molar-refractivity contribution >= 4 is 0 Å². The molecule has 0 unspecified atom stereocenters. The summed E-state index contributed by atoms with van der Waals surface area (Å²) in [6.07, 6.45) is 2.50. The van der Waals surface area contributed by atoms with Gasteiger partial charge in [0.25, 0.3) is 0 Å². The zero-order valence-electron chi connectivity index (χ0n) is 15.7. The minimum atomic E-state index is -1.11. The summed E-state index contributed by atoms with van der Waals surface area (Å²) in [6, 6.07) is 7.72. The molecule has 0 spiro atoms. The minimum Gasteiger partial charge on any atom is -0.396 e. The third-order valence-electron chi connectivity index (χ3n) is 1.97. The van der Waals surface area contributed by atoms with Crippen molar-refractivity contribution in [3.05, 3.63) is 0 Å². The molecule has 0 rings (SSSR count). The lowest BCUT2D eigenvalue weighted by Gasteiger charge is -2.23. The smallest absolute Gasteiger partial charge is 0.0627 e. The molecule has 0 amide bonds. The Morgan fingerprint density at radius 3 is 0.640 bits per heavy atom. The first kappa shape index (κ1) is 34.2. The Bertz CT molecular complexity index is 312. The van der Waals surface area contributed by atoms with Crippen LogP contribution in [0.3, 0.4) is 0 Å². The molecule has 0 saturated carbocycles. The van der Waals surface area contributed by atoms with E-state index >= 15 is 0 Å². The van der Waals surface area contributed by atoms with Gasteiger partial charge in [-0.3, -0.25) is 0 Å². The molecule has 144 valence electrons. The maximum atomic E-state index is 8.50. The molecular formula is C17H32N4O4. The summed E-state index contributed by atoms with van der Waals surface area (Å²) in [7, 11) is 0. The topological polar surface area (TPSA) is 176 Å². The van der Waals surface area contributed by atoms with Crippen molar-refractivity contribution in [2.75, 3.05) is 26.4 Å². The van der Waals surface area contributed by atoms with Gasteiger partial charge in [-0.15, -0.1) is 0 Å². The van der Waals surface area contributed by atoms with Gasteiger partial charge >= 0.3 is 0 Å². The van der Waals surface area contributed by atoms with Gasteiger partial charge in [0.2, 0.25) is 0 Å². The lowest BCUT2D eigenvalue weighted by atomic mass is 9.93. The highest BCUT2D eigenvalue weighted by Gasteiger charge is 2.26. The van der Waals surface area contributed by atoms with Crippen LogP contribution in [-0.4, -0.2) is 46.9 Å². The molecule has 8 nitrogen and oxygen atoms in total. The van der Waals surface area contributed by atoms with Crippen molar-refractivity contribution in [1.82, 2.24) is 0 Å². The van der Waals surface area contributed by atoms with Gasteiger partial charge in [0.05, 0.1) is 56.1 Å². The quantitative estimate of drug-likeness (QED) is 0.587. The van der Waals surface area contributed by atoms with E-state index in [-0.39, 0.29) is 0 Å². The average molecular weight is 356 g/mol. The summed E-state index contributed by atoms with van der Waals surface area (Å²) in [5, 5.41) is 64.5. The molecule has 0 saturated heterocycles. The fraction of sp³-hybridized carbons (Fsp3) is 0.765. The number of rotatable bonds is 4. The summed E-state index contributed by atoms with van der Waals surface area (Å²) in [4.78, 5) is 0. The van der Waals surface area contributed by atoms with E-state index in [1.807, 2.05) is 52.0 Å². The Morgan fingerprint density at radius 2 is 0.640 bits per heavy atom. The highest BCUT2D eigenvalue weighted by atomic mass is 16.3. The highest BCUT2D eigenvalue weighted by molar-refractivity contribution is 4.74. The predicted molar refractivity (Wildman–Crippen MR) is 94.4 cm³/mol. The molecule has 8 heteroatoms. The Morgan fingerprint density at radius 1 is 0.520 bits per heavy atom. The molecule has 0 aliphatic carbocycles. The van der Waals surface area contributed by atoms with Crippen molar-refractivity contribution in [3.63, 3.8) is 0 Å². The van der Waals surface area contributed by atoms with Crippen LogP contribution in [0.1, 0.15) is 53.4 Å². The van der Waals surface area contributed by atoms with E-state index in [9.17, 15) is 0 Å². The van der Waals surface area contributed by atoms with E-state index in [0.717, 1.165) is 0 Å². The molecule has 4 N–H and O–H groups in total. The maximum Gasteiger partial charge on any atom is 0.0627 e. The van der Waals surface area contributed by atoms with E-state index in [0.29, 0.717) is 25.7 Å². The highest BCUT2D eigenvalue weighted by Crippen LogP contribution is 2.11. The Labute approximate surface area is 151 Å². The minimum absolute atomic E-state index is 0.406. The van der Waals surface area contributed by atoms with E-state index < -0.39 is 31.8 Å². The third-order valence-corrected chi connectivity index (χ3v) is 1.97. The van der Waals surface area contributed by atoms with E-state index in [4.69, 9.17) is 41.5 Å². The van der Waals surface area contributed by atoms with Crippen molar-refractivity contribution < 1.29 is 20.4 Å². The summed E-state index contributed by atoms with van der Waals surface area (Å²) < 4.78 is 0. The van der Waals surface area contributed by atoms with Gasteiger partial charge < -0.3 is 20.4 Å². The van der Waals surface area contributed by atoms with Gasteiger partial charge in [0.15, 0.2) is 0 Å². The number of aliphatic hydroxyl groups is 4.